The summed E-state index contributed by atoms with van der Waals surface area (Å²) in [5, 5.41) is 10.5. The molecule has 0 heterocycles. The Morgan fingerprint density at radius 2 is 2.55 bits per heavy atom. The first-order valence-corrected chi connectivity index (χ1v) is 2.91. The molecule has 0 radical (unpaired) electrons. The van der Waals surface area contributed by atoms with E-state index in [1.807, 2.05) is 6.08 Å². The van der Waals surface area contributed by atoms with Crippen molar-refractivity contribution in [1.29, 1.82) is 0 Å². The predicted octanol–water partition coefficient (Wildman–Crippen LogP) is -1.46. The Kier molecular flexibility index (Phi) is 4.44. The van der Waals surface area contributed by atoms with Crippen LogP contribution in [-0.2, 0) is 9.53 Å². The normalized spacial score (nSPS) is 12.1. The van der Waals surface area contributed by atoms with Gasteiger partial charge in [0.2, 0.25) is 6.41 Å². The van der Waals surface area contributed by atoms with Gasteiger partial charge in [0.05, 0.1) is 0 Å². The fourth-order valence-corrected chi connectivity index (χ4v) is 0.361. The molecule has 1 amide bonds. The number of amidine groups is 1. The molecule has 0 aromatic carbocycles. The molecule has 0 saturated carbocycles. The number of aliphatic imine (C=N–C) groups is 1. The molecule has 5 nitrogen and oxygen atoms in total. The van der Waals surface area contributed by atoms with Gasteiger partial charge in [-0.1, -0.05) is 6.92 Å². The highest BCUT2D eigenvalue weighted by molar-refractivity contribution is 5.92. The number of nitrogens with two attached hydrogens (primary N) is 1. The molecule has 0 bridgehead atoms. The largest absolute Gasteiger partial charge is 0.575 e. The lowest BCUT2D eigenvalue weighted by molar-refractivity contribution is -0.357. The van der Waals surface area contributed by atoms with Crippen LogP contribution in [0.25, 0.3) is 0 Å². The molecule has 0 unspecified atom stereocenters. The maximum atomic E-state index is 10.5. The van der Waals surface area contributed by atoms with Gasteiger partial charge in [-0.05, 0) is 6.61 Å². The number of rotatable bonds is 4. The first-order valence-electron chi connectivity index (χ1n) is 2.91. The van der Waals surface area contributed by atoms with Gasteiger partial charge in [0, 0.05) is 0 Å². The zero-order valence-corrected chi connectivity index (χ0v) is 6.03. The smallest absolute Gasteiger partial charge is 0.384 e. The number of hydrogen-bond donors (Lipinski definition) is 1. The lowest BCUT2D eigenvalue weighted by Gasteiger charge is -1.99. The molecule has 11 heavy (non-hydrogen) atoms. The molecule has 0 fully saturated rings. The average Bonchev–Trinajstić information content (AvgIpc) is 1.87. The Bertz CT molecular complexity index is 186. The summed E-state index contributed by atoms with van der Waals surface area (Å²) < 4.78 is 4.43. The lowest BCUT2D eigenvalue weighted by atomic mass is 10.5. The minimum Gasteiger partial charge on any atom is -0.575 e. The van der Waals surface area contributed by atoms with Gasteiger partial charge in [-0.3, -0.25) is 4.79 Å². The van der Waals surface area contributed by atoms with Gasteiger partial charge >= 0.3 is 17.9 Å². The van der Waals surface area contributed by atoms with Crippen molar-refractivity contribution in [3.05, 3.63) is 12.0 Å². The van der Waals surface area contributed by atoms with Gasteiger partial charge in [-0.25, -0.2) is 0 Å². The zero-order valence-electron chi connectivity index (χ0n) is 6.03. The lowest BCUT2D eigenvalue weighted by Crippen LogP contribution is -2.16. The molecule has 60 valence electrons. The second-order valence-electron chi connectivity index (χ2n) is 1.47. The van der Waals surface area contributed by atoms with Crippen LogP contribution in [-0.4, -0.2) is 18.9 Å². The number of hydrogen-bond acceptors (Lipinski definition) is 3. The number of ether oxygens (including phenoxy) is 1. The third kappa shape index (κ3) is 4.87. The van der Waals surface area contributed by atoms with E-state index in [0.29, 0.717) is 0 Å². The summed E-state index contributed by atoms with van der Waals surface area (Å²) in [7, 11) is 0. The molecule has 0 aliphatic carbocycles. The molecule has 2 N–H and O–H groups in total. The van der Waals surface area contributed by atoms with Gasteiger partial charge in [0.15, 0.2) is 0 Å². The highest BCUT2D eigenvalue weighted by Crippen LogP contribution is 1.83. The van der Waals surface area contributed by atoms with Crippen LogP contribution in [0.2, 0.25) is 0 Å². The second-order valence-corrected chi connectivity index (χ2v) is 1.47. The maximum absolute atomic E-state index is 10.5. The minimum absolute atomic E-state index is 0.224. The number of carbonyl (C=O) groups is 1. The van der Waals surface area contributed by atoms with E-state index in [-0.39, 0.29) is 18.9 Å². The summed E-state index contributed by atoms with van der Waals surface area (Å²) in [6, 6.07) is 0. The summed E-state index contributed by atoms with van der Waals surface area (Å²) in [6.45, 7) is 1.88. The Morgan fingerprint density at radius 3 is 3.00 bits per heavy atom. The van der Waals surface area contributed by atoms with E-state index >= 15 is 0 Å². The molecule has 0 rings (SSSR count). The molecule has 0 atom stereocenters. The van der Waals surface area contributed by atoms with Crippen LogP contribution in [0.5, 0.6) is 0 Å². The molecule has 0 aliphatic rings. The van der Waals surface area contributed by atoms with Crippen LogP contribution < -0.4 is 10.8 Å². The molecule has 0 aromatic heterocycles. The number of nitrogens with zero attached hydrogens (tertiary/aromatic N) is 1. The predicted molar refractivity (Wildman–Crippen MR) is 36.1 cm³/mol. The minimum atomic E-state index is -0.726. The van der Waals surface area contributed by atoms with Crippen LogP contribution in [0.1, 0.15) is 6.92 Å². The quantitative estimate of drug-likeness (QED) is 0.177. The molecular weight excluding hydrogens is 148 g/mol. The van der Waals surface area contributed by atoms with E-state index in [1.165, 1.54) is 0 Å². The van der Waals surface area contributed by atoms with Crippen LogP contribution >= 0.6 is 0 Å². The Morgan fingerprint density at radius 1 is 1.91 bits per heavy atom. The summed E-state index contributed by atoms with van der Waals surface area (Å²) in [5.41, 5.74) is 5.02. The topological polar surface area (TPSA) is 87.7 Å². The van der Waals surface area contributed by atoms with Crippen molar-refractivity contribution in [3.63, 3.8) is 0 Å². The monoisotopic (exact) mass is 156 g/mol. The van der Waals surface area contributed by atoms with Gasteiger partial charge in [0.25, 0.3) is 0 Å². The van der Waals surface area contributed by atoms with Crippen molar-refractivity contribution in [2.24, 2.45) is 10.7 Å². The summed E-state index contributed by atoms with van der Waals surface area (Å²) in [4.78, 5) is 12.7. The van der Waals surface area contributed by atoms with E-state index in [1.54, 1.807) is 6.92 Å². The highest BCUT2D eigenvalue weighted by atomic mass is 16.6. The van der Waals surface area contributed by atoms with Crippen LogP contribution in [0.4, 0.5) is 0 Å². The number of carbonyl (C=O) groups excluding carboxylic acids is 1. The fraction of sp³-hybridized carbons (Fsp3) is 0.333. The first-order chi connectivity index (χ1) is 5.20. The zero-order chi connectivity index (χ0) is 8.69. The van der Waals surface area contributed by atoms with Crippen molar-refractivity contribution in [2.75, 3.05) is 6.61 Å². The first kappa shape index (κ1) is 9.39. The number of amides is 1. The van der Waals surface area contributed by atoms with Crippen LogP contribution in [0.15, 0.2) is 10.9 Å². The third-order valence-electron chi connectivity index (χ3n) is 0.697. The van der Waals surface area contributed by atoms with E-state index in [0.717, 1.165) is 0 Å². The third-order valence-corrected chi connectivity index (χ3v) is 0.697. The Balaban J connectivity index is 4.06. The van der Waals surface area contributed by atoms with Gasteiger partial charge in [0.1, 0.15) is 0 Å². The highest BCUT2D eigenvalue weighted by Gasteiger charge is 2.05. The van der Waals surface area contributed by atoms with Crippen LogP contribution in [0, 0.1) is 6.08 Å². The standard InChI is InChI=1S/C6H8N2O3/c1-2-11-6(10)3-5(7)8-4-9/h4H,2H2,1H3,(H2-,7,8,9,10). The van der Waals surface area contributed by atoms with Crippen molar-refractivity contribution in [2.45, 2.75) is 6.92 Å². The van der Waals surface area contributed by atoms with Gasteiger partial charge in [-0.15, -0.1) is 4.99 Å². The van der Waals surface area contributed by atoms with Crippen molar-refractivity contribution >= 4 is 12.2 Å². The maximum Gasteiger partial charge on any atom is 0.384 e. The van der Waals surface area contributed by atoms with Gasteiger partial charge < -0.3 is 15.6 Å². The summed E-state index contributed by atoms with van der Waals surface area (Å²) >= 11 is 0. The van der Waals surface area contributed by atoms with Crippen molar-refractivity contribution in [1.82, 2.24) is 0 Å². The van der Waals surface area contributed by atoms with E-state index in [2.05, 4.69) is 9.73 Å². The van der Waals surface area contributed by atoms with E-state index < -0.39 is 5.95 Å². The molecule has 0 saturated heterocycles. The summed E-state index contributed by atoms with van der Waals surface area (Å²) in [5.74, 6) is -1.01. The summed E-state index contributed by atoms with van der Waals surface area (Å²) in [6.07, 6.45) is 2.24. The fourth-order valence-electron chi connectivity index (χ4n) is 0.361. The molecular formula is C6H8N2O3. The van der Waals surface area contributed by atoms with E-state index in [4.69, 9.17) is 5.73 Å². The Labute approximate surface area is 64.2 Å². The van der Waals surface area contributed by atoms with Gasteiger partial charge in [-0.2, -0.15) is 0 Å². The van der Waals surface area contributed by atoms with E-state index in [9.17, 15) is 9.90 Å². The Hall–Kier alpha value is -1.61. The SMILES string of the molecule is CCOC([O-])=[C+]C(N)=NC=O. The molecule has 0 aliphatic heterocycles. The van der Waals surface area contributed by atoms with Crippen molar-refractivity contribution in [3.8, 4) is 0 Å². The molecule has 5 heteroatoms. The van der Waals surface area contributed by atoms with Crippen LogP contribution in [0.3, 0.4) is 0 Å². The molecule has 0 aromatic rings. The second kappa shape index (κ2) is 5.20. The molecule has 0 spiro atoms. The average molecular weight is 156 g/mol. The van der Waals surface area contributed by atoms with Crippen molar-refractivity contribution < 1.29 is 14.6 Å².